The quantitative estimate of drug-likeness (QED) is 0.791. The van der Waals surface area contributed by atoms with E-state index in [0.717, 1.165) is 0 Å². The van der Waals surface area contributed by atoms with Crippen molar-refractivity contribution in [2.24, 2.45) is 0 Å². The molecule has 0 amide bonds. The molecule has 0 aliphatic rings. The van der Waals surface area contributed by atoms with E-state index in [0.29, 0.717) is 18.4 Å². The minimum absolute atomic E-state index is 0.319. The number of tetrazole rings is 1. The van der Waals surface area contributed by atoms with Gasteiger partial charge in [-0.3, -0.25) is 0 Å². The van der Waals surface area contributed by atoms with E-state index in [2.05, 4.69) is 49.7 Å². The summed E-state index contributed by atoms with van der Waals surface area (Å²) in [5.41, 5.74) is 1.29. The fourth-order valence-corrected chi connectivity index (χ4v) is 1.90. The van der Waals surface area contributed by atoms with Crippen LogP contribution in [-0.2, 0) is 6.54 Å². The fraction of sp³-hybridized carbons (Fsp3) is 0.375. The maximum absolute atomic E-state index is 3.86. The Balaban J connectivity index is 1.87. The molecule has 5 nitrogen and oxygen atoms in total. The van der Waals surface area contributed by atoms with Crippen LogP contribution in [0.25, 0.3) is 0 Å². The number of nitrogens with zero attached hydrogens (tertiary/aromatic N) is 3. The van der Waals surface area contributed by atoms with Crippen molar-refractivity contribution in [1.29, 1.82) is 0 Å². The molecule has 0 aromatic carbocycles. The lowest BCUT2D eigenvalue weighted by Crippen LogP contribution is -2.18. The van der Waals surface area contributed by atoms with Gasteiger partial charge in [0, 0.05) is 6.04 Å². The summed E-state index contributed by atoms with van der Waals surface area (Å²) in [5.74, 6) is 0.687. The van der Waals surface area contributed by atoms with Crippen molar-refractivity contribution in [3.63, 3.8) is 0 Å². The first kappa shape index (κ1) is 9.29. The van der Waals surface area contributed by atoms with Crippen LogP contribution in [0.15, 0.2) is 16.8 Å². The Morgan fingerprint density at radius 3 is 3.21 bits per heavy atom. The summed E-state index contributed by atoms with van der Waals surface area (Å²) in [4.78, 5) is 0. The minimum Gasteiger partial charge on any atom is -0.303 e. The van der Waals surface area contributed by atoms with Gasteiger partial charge in [0.25, 0.3) is 0 Å². The van der Waals surface area contributed by atoms with Gasteiger partial charge in [0.2, 0.25) is 0 Å². The van der Waals surface area contributed by atoms with Gasteiger partial charge in [-0.05, 0) is 29.3 Å². The molecule has 2 heterocycles. The van der Waals surface area contributed by atoms with E-state index in [4.69, 9.17) is 0 Å². The van der Waals surface area contributed by atoms with Crippen LogP contribution in [0.2, 0.25) is 0 Å². The third-order valence-corrected chi connectivity index (χ3v) is 2.70. The first-order valence-corrected chi connectivity index (χ1v) is 5.28. The second-order valence-corrected chi connectivity index (χ2v) is 3.77. The molecule has 2 rings (SSSR count). The van der Waals surface area contributed by atoms with Crippen LogP contribution in [-0.4, -0.2) is 20.6 Å². The van der Waals surface area contributed by atoms with E-state index in [1.807, 2.05) is 0 Å². The van der Waals surface area contributed by atoms with Crippen LogP contribution >= 0.6 is 11.3 Å². The molecule has 0 radical (unpaired) electrons. The van der Waals surface area contributed by atoms with E-state index >= 15 is 0 Å². The molecule has 6 heteroatoms. The SMILES string of the molecule is CC(NCc1nn[nH]n1)c1ccsc1. The van der Waals surface area contributed by atoms with Crippen LogP contribution in [0.1, 0.15) is 24.4 Å². The van der Waals surface area contributed by atoms with Gasteiger partial charge in [0.15, 0.2) is 5.82 Å². The molecule has 0 saturated carbocycles. The highest BCUT2D eigenvalue weighted by Crippen LogP contribution is 2.15. The molecule has 2 aromatic heterocycles. The van der Waals surface area contributed by atoms with Crippen molar-refractivity contribution in [3.05, 3.63) is 28.2 Å². The number of hydrogen-bond donors (Lipinski definition) is 2. The van der Waals surface area contributed by atoms with Gasteiger partial charge in [-0.2, -0.15) is 16.6 Å². The van der Waals surface area contributed by atoms with Gasteiger partial charge in [-0.1, -0.05) is 5.21 Å². The maximum atomic E-state index is 3.86. The van der Waals surface area contributed by atoms with Crippen LogP contribution in [0.3, 0.4) is 0 Å². The Kier molecular flexibility index (Phi) is 2.85. The number of thiophene rings is 1. The molecule has 0 fully saturated rings. The normalized spacial score (nSPS) is 12.9. The van der Waals surface area contributed by atoms with Crippen molar-refractivity contribution in [1.82, 2.24) is 25.9 Å². The molecule has 2 N–H and O–H groups in total. The smallest absolute Gasteiger partial charge is 0.188 e. The van der Waals surface area contributed by atoms with E-state index in [1.54, 1.807) is 11.3 Å². The summed E-state index contributed by atoms with van der Waals surface area (Å²) in [5, 5.41) is 21.1. The van der Waals surface area contributed by atoms with Gasteiger partial charge in [0.1, 0.15) is 0 Å². The monoisotopic (exact) mass is 209 g/mol. The van der Waals surface area contributed by atoms with E-state index in [9.17, 15) is 0 Å². The number of hydrogen-bond acceptors (Lipinski definition) is 5. The van der Waals surface area contributed by atoms with Crippen LogP contribution in [0, 0.1) is 0 Å². The van der Waals surface area contributed by atoms with Crippen molar-refractivity contribution >= 4 is 11.3 Å². The maximum Gasteiger partial charge on any atom is 0.188 e. The summed E-state index contributed by atoms with van der Waals surface area (Å²) in [6.45, 7) is 2.75. The molecule has 0 saturated heterocycles. The average Bonchev–Trinajstić information content (AvgIpc) is 2.87. The summed E-state index contributed by atoms with van der Waals surface area (Å²) in [7, 11) is 0. The highest BCUT2D eigenvalue weighted by atomic mass is 32.1. The Morgan fingerprint density at radius 1 is 1.64 bits per heavy atom. The summed E-state index contributed by atoms with van der Waals surface area (Å²) >= 11 is 1.70. The molecule has 0 aliphatic carbocycles. The molecule has 1 unspecified atom stereocenters. The largest absolute Gasteiger partial charge is 0.303 e. The van der Waals surface area contributed by atoms with E-state index in [1.165, 1.54) is 5.56 Å². The second kappa shape index (κ2) is 4.30. The van der Waals surface area contributed by atoms with Gasteiger partial charge >= 0.3 is 0 Å². The predicted octanol–water partition coefficient (Wildman–Crippen LogP) is 1.11. The lowest BCUT2D eigenvalue weighted by molar-refractivity contribution is 0.561. The van der Waals surface area contributed by atoms with Gasteiger partial charge in [-0.25, -0.2) is 0 Å². The van der Waals surface area contributed by atoms with Gasteiger partial charge in [-0.15, -0.1) is 10.2 Å². The number of rotatable bonds is 4. The standard InChI is InChI=1S/C8H11N5S/c1-6(7-2-3-14-5-7)9-4-8-10-12-13-11-8/h2-3,5-6,9H,4H2,1H3,(H,10,11,12,13). The van der Waals surface area contributed by atoms with E-state index in [-0.39, 0.29) is 0 Å². The summed E-state index contributed by atoms with van der Waals surface area (Å²) < 4.78 is 0. The lowest BCUT2D eigenvalue weighted by Gasteiger charge is -2.09. The zero-order valence-electron chi connectivity index (χ0n) is 7.77. The zero-order valence-corrected chi connectivity index (χ0v) is 8.58. The van der Waals surface area contributed by atoms with Crippen molar-refractivity contribution in [3.8, 4) is 0 Å². The zero-order chi connectivity index (χ0) is 9.80. The topological polar surface area (TPSA) is 66.5 Å². The van der Waals surface area contributed by atoms with Crippen molar-refractivity contribution in [2.45, 2.75) is 19.5 Å². The Hall–Kier alpha value is -1.27. The summed E-state index contributed by atoms with van der Waals surface area (Å²) in [6.07, 6.45) is 0. The average molecular weight is 209 g/mol. The molecule has 2 aromatic rings. The Labute approximate surface area is 85.5 Å². The number of aromatic amines is 1. The molecule has 14 heavy (non-hydrogen) atoms. The molecule has 0 bridgehead atoms. The number of aromatic nitrogens is 4. The first-order chi connectivity index (χ1) is 6.86. The van der Waals surface area contributed by atoms with Gasteiger partial charge < -0.3 is 5.32 Å². The third kappa shape index (κ3) is 2.15. The third-order valence-electron chi connectivity index (χ3n) is 2.00. The molecular weight excluding hydrogens is 198 g/mol. The number of H-pyrrole nitrogens is 1. The van der Waals surface area contributed by atoms with Gasteiger partial charge in [0.05, 0.1) is 6.54 Å². The fourth-order valence-electron chi connectivity index (χ4n) is 1.14. The Morgan fingerprint density at radius 2 is 2.57 bits per heavy atom. The predicted molar refractivity (Wildman–Crippen MR) is 53.8 cm³/mol. The van der Waals surface area contributed by atoms with Crippen molar-refractivity contribution in [2.75, 3.05) is 0 Å². The molecular formula is C8H11N5S. The highest BCUT2D eigenvalue weighted by Gasteiger charge is 2.06. The van der Waals surface area contributed by atoms with Crippen LogP contribution in [0.5, 0.6) is 0 Å². The Bertz CT molecular complexity index is 355. The molecule has 0 aliphatic heterocycles. The first-order valence-electron chi connectivity index (χ1n) is 4.34. The van der Waals surface area contributed by atoms with Crippen LogP contribution < -0.4 is 5.32 Å². The second-order valence-electron chi connectivity index (χ2n) is 2.99. The van der Waals surface area contributed by atoms with Crippen molar-refractivity contribution < 1.29 is 0 Å². The van der Waals surface area contributed by atoms with Crippen LogP contribution in [0.4, 0.5) is 0 Å². The molecule has 0 spiro atoms. The molecule has 74 valence electrons. The minimum atomic E-state index is 0.319. The van der Waals surface area contributed by atoms with E-state index < -0.39 is 0 Å². The highest BCUT2D eigenvalue weighted by molar-refractivity contribution is 7.07. The lowest BCUT2D eigenvalue weighted by atomic mass is 10.2. The summed E-state index contributed by atoms with van der Waals surface area (Å²) in [6, 6.07) is 2.43. The number of nitrogens with one attached hydrogen (secondary N) is 2. The molecule has 1 atom stereocenters.